The lowest BCUT2D eigenvalue weighted by molar-refractivity contribution is -0.171. The standard InChI is InChI=1S/C5H9O4/c1-5(2,8-3)9-4(6)7/h1-3H3. The molecule has 0 aliphatic heterocycles. The topological polar surface area (TPSA) is 55.4 Å². The van der Waals surface area contributed by atoms with Crippen molar-refractivity contribution < 1.29 is 19.4 Å². The number of carbonyl (C=O) groups excluding carboxylic acids is 1. The lowest BCUT2D eigenvalue weighted by Crippen LogP contribution is -2.28. The zero-order chi connectivity index (χ0) is 7.49. The highest BCUT2D eigenvalue weighted by Crippen LogP contribution is 2.08. The zero-order valence-corrected chi connectivity index (χ0v) is 5.63. The summed E-state index contributed by atoms with van der Waals surface area (Å²) in [6, 6.07) is 0. The van der Waals surface area contributed by atoms with E-state index in [4.69, 9.17) is 0 Å². The maximum absolute atomic E-state index is 9.76. The molecule has 0 heterocycles. The minimum absolute atomic E-state index is 1.10. The summed E-state index contributed by atoms with van der Waals surface area (Å²) in [5.41, 5.74) is 0. The summed E-state index contributed by atoms with van der Waals surface area (Å²) >= 11 is 0. The van der Waals surface area contributed by atoms with Gasteiger partial charge in [-0.05, 0) is 0 Å². The summed E-state index contributed by atoms with van der Waals surface area (Å²) in [4.78, 5) is 9.76. The molecule has 0 aromatic carbocycles. The van der Waals surface area contributed by atoms with Crippen molar-refractivity contribution in [3.8, 4) is 0 Å². The van der Waals surface area contributed by atoms with Crippen molar-refractivity contribution in [3.63, 3.8) is 0 Å². The smallest absolute Gasteiger partial charge is 0.400 e. The average molecular weight is 133 g/mol. The molecule has 0 spiro atoms. The first-order valence-corrected chi connectivity index (χ1v) is 2.43. The molecular formula is C5H9O4. The van der Waals surface area contributed by atoms with Crippen LogP contribution in [0.2, 0.25) is 0 Å². The van der Waals surface area contributed by atoms with E-state index in [0.29, 0.717) is 0 Å². The van der Waals surface area contributed by atoms with E-state index in [1.165, 1.54) is 21.0 Å². The second kappa shape index (κ2) is 2.68. The summed E-state index contributed by atoms with van der Waals surface area (Å²) in [5, 5.41) is 9.76. The maximum Gasteiger partial charge on any atom is 0.552 e. The molecule has 0 aromatic rings. The van der Waals surface area contributed by atoms with Gasteiger partial charge in [0.1, 0.15) is 0 Å². The van der Waals surface area contributed by atoms with Crippen molar-refractivity contribution in [1.82, 2.24) is 0 Å². The molecule has 0 atom stereocenters. The van der Waals surface area contributed by atoms with E-state index in [1.807, 2.05) is 0 Å². The van der Waals surface area contributed by atoms with Crippen LogP contribution in [0.5, 0.6) is 0 Å². The second-order valence-corrected chi connectivity index (χ2v) is 1.96. The molecule has 0 aromatic heterocycles. The fraction of sp³-hybridized carbons (Fsp3) is 0.800. The first-order valence-electron chi connectivity index (χ1n) is 2.43. The quantitative estimate of drug-likeness (QED) is 0.416. The lowest BCUT2D eigenvalue weighted by Gasteiger charge is -2.19. The first-order chi connectivity index (χ1) is 3.98. The molecule has 4 nitrogen and oxygen atoms in total. The van der Waals surface area contributed by atoms with Gasteiger partial charge in [-0.2, -0.15) is 9.90 Å². The lowest BCUT2D eigenvalue weighted by atomic mass is 10.4. The molecule has 0 aliphatic carbocycles. The normalized spacial score (nSPS) is 11.0. The Morgan fingerprint density at radius 3 is 2.00 bits per heavy atom. The Morgan fingerprint density at radius 2 is 1.89 bits per heavy atom. The molecule has 0 fully saturated rings. The van der Waals surface area contributed by atoms with Crippen LogP contribution >= 0.6 is 0 Å². The first kappa shape index (κ1) is 8.23. The minimum Gasteiger partial charge on any atom is -0.400 e. The largest absolute Gasteiger partial charge is 0.552 e. The van der Waals surface area contributed by atoms with E-state index in [9.17, 15) is 9.90 Å². The van der Waals surface area contributed by atoms with Crippen LogP contribution in [0.15, 0.2) is 0 Å². The van der Waals surface area contributed by atoms with Crippen molar-refractivity contribution in [2.24, 2.45) is 0 Å². The number of hydrogen-bond donors (Lipinski definition) is 0. The zero-order valence-electron chi connectivity index (χ0n) is 5.63. The van der Waals surface area contributed by atoms with Crippen LogP contribution in [0.25, 0.3) is 0 Å². The monoisotopic (exact) mass is 133 g/mol. The molecule has 0 saturated heterocycles. The fourth-order valence-corrected chi connectivity index (χ4v) is 0.242. The van der Waals surface area contributed by atoms with Crippen molar-refractivity contribution >= 4 is 6.16 Å². The van der Waals surface area contributed by atoms with Crippen LogP contribution in [-0.4, -0.2) is 19.1 Å². The molecular weight excluding hydrogens is 124 g/mol. The van der Waals surface area contributed by atoms with Crippen LogP contribution in [0.1, 0.15) is 13.8 Å². The van der Waals surface area contributed by atoms with Gasteiger partial charge in [-0.1, -0.05) is 0 Å². The van der Waals surface area contributed by atoms with Gasteiger partial charge in [0.2, 0.25) is 5.79 Å². The number of carbonyl (C=O) groups is 1. The molecule has 0 aliphatic rings. The predicted octanol–water partition coefficient (Wildman–Crippen LogP) is 0.936. The molecule has 4 heteroatoms. The van der Waals surface area contributed by atoms with Crippen LogP contribution in [-0.2, 0) is 14.6 Å². The third-order valence-electron chi connectivity index (χ3n) is 0.821. The van der Waals surface area contributed by atoms with Gasteiger partial charge >= 0.3 is 6.16 Å². The maximum atomic E-state index is 9.76. The van der Waals surface area contributed by atoms with E-state index in [0.717, 1.165) is 0 Å². The Balaban J connectivity index is 3.71. The van der Waals surface area contributed by atoms with Crippen molar-refractivity contribution in [2.45, 2.75) is 19.6 Å². The number of rotatable bonds is 2. The Labute approximate surface area is 53.4 Å². The summed E-state index contributed by atoms with van der Waals surface area (Å²) in [6.07, 6.45) is -1.58. The van der Waals surface area contributed by atoms with Gasteiger partial charge < -0.3 is 9.47 Å². The molecule has 0 saturated carbocycles. The Morgan fingerprint density at radius 1 is 1.44 bits per heavy atom. The van der Waals surface area contributed by atoms with Crippen LogP contribution < -0.4 is 0 Å². The molecule has 0 amide bonds. The Bertz CT molecular complexity index is 108. The molecule has 0 N–H and O–H groups in total. The second-order valence-electron chi connectivity index (χ2n) is 1.96. The fourth-order valence-electron chi connectivity index (χ4n) is 0.242. The van der Waals surface area contributed by atoms with E-state index in [-0.39, 0.29) is 0 Å². The van der Waals surface area contributed by atoms with Crippen LogP contribution in [0, 0.1) is 0 Å². The van der Waals surface area contributed by atoms with Gasteiger partial charge in [0.15, 0.2) is 0 Å². The van der Waals surface area contributed by atoms with Crippen molar-refractivity contribution in [2.75, 3.05) is 7.11 Å². The van der Waals surface area contributed by atoms with Gasteiger partial charge in [0, 0.05) is 21.0 Å². The Kier molecular flexibility index (Phi) is 2.45. The van der Waals surface area contributed by atoms with Gasteiger partial charge in [-0.3, -0.25) is 0 Å². The van der Waals surface area contributed by atoms with Gasteiger partial charge in [0.25, 0.3) is 0 Å². The minimum atomic E-state index is -1.58. The molecule has 0 bridgehead atoms. The molecule has 9 heavy (non-hydrogen) atoms. The van der Waals surface area contributed by atoms with Crippen LogP contribution in [0.3, 0.4) is 0 Å². The van der Waals surface area contributed by atoms with E-state index in [1.54, 1.807) is 0 Å². The third-order valence-corrected chi connectivity index (χ3v) is 0.821. The van der Waals surface area contributed by atoms with Crippen molar-refractivity contribution in [1.29, 1.82) is 0 Å². The molecule has 53 valence electrons. The van der Waals surface area contributed by atoms with E-state index < -0.39 is 11.9 Å². The summed E-state index contributed by atoms with van der Waals surface area (Å²) < 4.78 is 8.78. The number of methoxy groups -OCH3 is 1. The third kappa shape index (κ3) is 3.78. The highest BCUT2D eigenvalue weighted by atomic mass is 16.8. The highest BCUT2D eigenvalue weighted by Gasteiger charge is 2.21. The molecule has 1 radical (unpaired) electrons. The Hall–Kier alpha value is -0.770. The number of ether oxygens (including phenoxy) is 2. The van der Waals surface area contributed by atoms with E-state index in [2.05, 4.69) is 9.47 Å². The van der Waals surface area contributed by atoms with Gasteiger partial charge in [-0.15, -0.1) is 0 Å². The van der Waals surface area contributed by atoms with Crippen LogP contribution in [0.4, 0.5) is 4.79 Å². The summed E-state index contributed by atoms with van der Waals surface area (Å²) in [5.74, 6) is -1.10. The van der Waals surface area contributed by atoms with Gasteiger partial charge in [0.05, 0.1) is 0 Å². The molecule has 0 unspecified atom stereocenters. The summed E-state index contributed by atoms with van der Waals surface area (Å²) in [6.45, 7) is 2.95. The SMILES string of the molecule is COC(C)(C)OC([O])=O. The predicted molar refractivity (Wildman–Crippen MR) is 28.3 cm³/mol. The number of hydrogen-bond acceptors (Lipinski definition) is 3. The molecule has 0 rings (SSSR count). The highest BCUT2D eigenvalue weighted by molar-refractivity contribution is 5.56. The average Bonchev–Trinajstić information content (AvgIpc) is 1.63. The summed E-state index contributed by atoms with van der Waals surface area (Å²) in [7, 11) is 1.35. The van der Waals surface area contributed by atoms with E-state index >= 15 is 0 Å². The van der Waals surface area contributed by atoms with Gasteiger partial charge in [-0.25, -0.2) is 0 Å². The van der Waals surface area contributed by atoms with Crippen molar-refractivity contribution in [3.05, 3.63) is 0 Å².